The maximum atomic E-state index is 15.9. The Bertz CT molecular complexity index is 1160. The van der Waals surface area contributed by atoms with Crippen molar-refractivity contribution < 1.29 is 19.0 Å². The number of hydrogen-bond acceptors (Lipinski definition) is 6. The van der Waals surface area contributed by atoms with E-state index >= 15 is 4.39 Å². The van der Waals surface area contributed by atoms with E-state index in [9.17, 15) is 9.59 Å². The molecular formula is C22H25FN4O4. The number of halogens is 1. The molecule has 2 aliphatic carbocycles. The van der Waals surface area contributed by atoms with Gasteiger partial charge in [-0.1, -0.05) is 12.2 Å². The summed E-state index contributed by atoms with van der Waals surface area (Å²) < 4.78 is 22.2. The number of benzene rings is 1. The lowest BCUT2D eigenvalue weighted by molar-refractivity contribution is 0.143. The third-order valence-electron chi connectivity index (χ3n) is 6.76. The Hall–Kier alpha value is -3.07. The number of allylic oxidation sites excluding steroid dienone is 1. The molecule has 31 heavy (non-hydrogen) atoms. The molecule has 2 heterocycles. The second-order valence-corrected chi connectivity index (χ2v) is 8.66. The number of nitrogens with zero attached hydrogens (tertiary/aromatic N) is 2. The van der Waals surface area contributed by atoms with Gasteiger partial charge in [0.2, 0.25) is 5.43 Å². The van der Waals surface area contributed by atoms with Gasteiger partial charge in [0.05, 0.1) is 22.8 Å². The number of carboxylic acid groups (broad SMARTS) is 1. The van der Waals surface area contributed by atoms with Gasteiger partial charge in [0, 0.05) is 36.8 Å². The highest BCUT2D eigenvalue weighted by atomic mass is 19.1. The van der Waals surface area contributed by atoms with E-state index < -0.39 is 17.4 Å². The molecule has 9 heteroatoms. The minimum Gasteiger partial charge on any atom is -0.449 e. The normalized spacial score (nSPS) is 25.1. The minimum absolute atomic E-state index is 0.0116. The minimum atomic E-state index is -1.60. The van der Waals surface area contributed by atoms with Gasteiger partial charge in [0.25, 0.3) is 0 Å². The van der Waals surface area contributed by atoms with Gasteiger partial charge in [0.15, 0.2) is 11.6 Å². The van der Waals surface area contributed by atoms with E-state index in [1.807, 2.05) is 11.9 Å². The average Bonchev–Trinajstić information content (AvgIpc) is 3.49. The molecule has 0 bridgehead atoms. The Kier molecular flexibility index (Phi) is 4.65. The topological polar surface area (TPSA) is 110 Å². The summed E-state index contributed by atoms with van der Waals surface area (Å²) in [6.45, 7) is 1.40. The standard InChI is InChI=1S/C22H25FN4O4/c1-25-15-4-2-3-11-8-26(9-13(11)15)16-7-14(24)18-20(19(16)23)27(12-5-6-12)10-17(21(18)28)31-22(29)30/h2,4,7,10-13,15,25H,3,5-6,8-9,24H2,1H3,(H,29,30). The van der Waals surface area contributed by atoms with E-state index in [1.54, 1.807) is 4.57 Å². The number of carbonyl (C=O) groups is 1. The maximum absolute atomic E-state index is 15.9. The first kappa shape index (κ1) is 19.9. The highest BCUT2D eigenvalue weighted by Gasteiger charge is 2.39. The van der Waals surface area contributed by atoms with Crippen LogP contribution in [0.5, 0.6) is 5.75 Å². The molecule has 1 aromatic carbocycles. The summed E-state index contributed by atoms with van der Waals surface area (Å²) in [7, 11) is 1.93. The third kappa shape index (κ3) is 3.23. The highest BCUT2D eigenvalue weighted by Crippen LogP contribution is 2.43. The number of hydrogen-bond donors (Lipinski definition) is 3. The van der Waals surface area contributed by atoms with Gasteiger partial charge in [-0.25, -0.2) is 9.18 Å². The fraction of sp³-hybridized carbons (Fsp3) is 0.455. The quantitative estimate of drug-likeness (QED) is 0.390. The zero-order valence-corrected chi connectivity index (χ0v) is 17.2. The fourth-order valence-electron chi connectivity index (χ4n) is 5.14. The summed E-state index contributed by atoms with van der Waals surface area (Å²) in [5, 5.41) is 12.3. The largest absolute Gasteiger partial charge is 0.511 e. The van der Waals surface area contributed by atoms with Gasteiger partial charge in [-0.3, -0.25) is 4.79 Å². The molecule has 0 amide bonds. The number of nitrogens with one attached hydrogen (secondary N) is 1. The van der Waals surface area contributed by atoms with E-state index in [4.69, 9.17) is 10.8 Å². The Morgan fingerprint density at radius 1 is 1.35 bits per heavy atom. The van der Waals surface area contributed by atoms with Crippen LogP contribution in [0.1, 0.15) is 25.3 Å². The number of aromatic nitrogens is 1. The molecule has 3 unspecified atom stereocenters. The molecule has 1 aromatic heterocycles. The van der Waals surface area contributed by atoms with Gasteiger partial charge in [-0.2, -0.15) is 0 Å². The van der Waals surface area contributed by atoms with E-state index in [2.05, 4.69) is 22.2 Å². The SMILES string of the molecule is CNC1C=CCC2CN(c3cc(N)c4c(=O)c(OC(=O)O)cn(C5CC5)c4c3F)CC21. The van der Waals surface area contributed by atoms with Crippen molar-refractivity contribution in [1.29, 1.82) is 0 Å². The van der Waals surface area contributed by atoms with Gasteiger partial charge in [-0.05, 0) is 38.3 Å². The first-order chi connectivity index (χ1) is 14.9. The van der Waals surface area contributed by atoms with Crippen LogP contribution >= 0.6 is 0 Å². The van der Waals surface area contributed by atoms with Crippen LogP contribution in [0.25, 0.3) is 10.9 Å². The van der Waals surface area contributed by atoms with Crippen LogP contribution in [-0.4, -0.2) is 42.0 Å². The predicted molar refractivity (Wildman–Crippen MR) is 115 cm³/mol. The molecule has 0 spiro atoms. The van der Waals surface area contributed by atoms with Crippen LogP contribution in [-0.2, 0) is 0 Å². The Morgan fingerprint density at radius 3 is 2.81 bits per heavy atom. The molecule has 8 nitrogen and oxygen atoms in total. The molecule has 3 atom stereocenters. The molecule has 3 aliphatic rings. The molecule has 0 radical (unpaired) electrons. The van der Waals surface area contributed by atoms with Crippen molar-refractivity contribution in [2.75, 3.05) is 30.8 Å². The Labute approximate surface area is 178 Å². The van der Waals surface area contributed by atoms with Gasteiger partial charge in [-0.15, -0.1) is 0 Å². The van der Waals surface area contributed by atoms with Gasteiger partial charge >= 0.3 is 6.16 Å². The maximum Gasteiger partial charge on any atom is 0.511 e. The average molecular weight is 428 g/mol. The van der Waals surface area contributed by atoms with Crippen LogP contribution in [0, 0.1) is 17.7 Å². The van der Waals surface area contributed by atoms with Crippen LogP contribution in [0.15, 0.2) is 29.2 Å². The lowest BCUT2D eigenvalue weighted by atomic mass is 9.82. The predicted octanol–water partition coefficient (Wildman–Crippen LogP) is 2.71. The number of nitrogen functional groups attached to an aromatic ring is 1. The number of rotatable bonds is 4. The summed E-state index contributed by atoms with van der Waals surface area (Å²) in [6.07, 6.45) is 6.63. The molecule has 5 rings (SSSR count). The van der Waals surface area contributed by atoms with Gasteiger partial charge < -0.3 is 30.4 Å². The number of fused-ring (bicyclic) bond motifs is 2. The molecule has 164 valence electrons. The lowest BCUT2D eigenvalue weighted by Crippen LogP contribution is -2.38. The van der Waals surface area contributed by atoms with Crippen molar-refractivity contribution in [3.63, 3.8) is 0 Å². The number of nitrogens with two attached hydrogens (primary N) is 1. The van der Waals surface area contributed by atoms with Crippen molar-refractivity contribution in [3.05, 3.63) is 40.5 Å². The van der Waals surface area contributed by atoms with Crippen molar-refractivity contribution in [2.24, 2.45) is 11.8 Å². The van der Waals surface area contributed by atoms with Crippen molar-refractivity contribution in [3.8, 4) is 5.75 Å². The molecule has 1 saturated heterocycles. The summed E-state index contributed by atoms with van der Waals surface area (Å²) in [6, 6.07) is 1.73. The number of pyridine rings is 1. The van der Waals surface area contributed by atoms with Crippen molar-refractivity contribution in [2.45, 2.75) is 31.3 Å². The van der Waals surface area contributed by atoms with E-state index in [0.717, 1.165) is 19.3 Å². The summed E-state index contributed by atoms with van der Waals surface area (Å²) in [5.74, 6) is -0.0809. The molecular weight excluding hydrogens is 403 g/mol. The van der Waals surface area contributed by atoms with Crippen molar-refractivity contribution >= 4 is 28.4 Å². The molecule has 4 N–H and O–H groups in total. The zero-order chi connectivity index (χ0) is 21.9. The lowest BCUT2D eigenvalue weighted by Gasteiger charge is -2.28. The third-order valence-corrected chi connectivity index (χ3v) is 6.76. The van der Waals surface area contributed by atoms with E-state index in [1.165, 1.54) is 12.3 Å². The number of anilines is 2. The number of likely N-dealkylation sites (N-methyl/N-ethyl adjacent to an activating group) is 1. The Morgan fingerprint density at radius 2 is 2.13 bits per heavy atom. The smallest absolute Gasteiger partial charge is 0.449 e. The van der Waals surface area contributed by atoms with Crippen LogP contribution < -0.4 is 26.1 Å². The monoisotopic (exact) mass is 428 g/mol. The second-order valence-electron chi connectivity index (χ2n) is 8.66. The second kappa shape index (κ2) is 7.26. The van der Waals surface area contributed by atoms with Gasteiger partial charge in [0.1, 0.15) is 0 Å². The fourth-order valence-corrected chi connectivity index (χ4v) is 5.14. The Balaban J connectivity index is 1.64. The summed E-state index contributed by atoms with van der Waals surface area (Å²) in [5.41, 5.74) is 6.17. The van der Waals surface area contributed by atoms with Crippen molar-refractivity contribution in [1.82, 2.24) is 9.88 Å². The number of ether oxygens (including phenoxy) is 1. The molecule has 2 fully saturated rings. The zero-order valence-electron chi connectivity index (χ0n) is 17.2. The molecule has 2 aromatic rings. The van der Waals surface area contributed by atoms with Crippen LogP contribution in [0.3, 0.4) is 0 Å². The highest BCUT2D eigenvalue weighted by molar-refractivity contribution is 5.95. The summed E-state index contributed by atoms with van der Waals surface area (Å²) in [4.78, 5) is 25.9. The molecule has 1 saturated carbocycles. The first-order valence-corrected chi connectivity index (χ1v) is 10.6. The summed E-state index contributed by atoms with van der Waals surface area (Å²) >= 11 is 0. The van der Waals surface area contributed by atoms with Crippen LogP contribution in [0.2, 0.25) is 0 Å². The van der Waals surface area contributed by atoms with Crippen LogP contribution in [0.4, 0.5) is 20.6 Å². The first-order valence-electron chi connectivity index (χ1n) is 10.6. The van der Waals surface area contributed by atoms with E-state index in [-0.39, 0.29) is 34.4 Å². The molecule has 1 aliphatic heterocycles. The van der Waals surface area contributed by atoms with E-state index in [0.29, 0.717) is 30.6 Å².